The average Bonchev–Trinajstić information content (AvgIpc) is 3.56. The van der Waals surface area contributed by atoms with Gasteiger partial charge in [0.25, 0.3) is 5.91 Å². The zero-order valence-electron chi connectivity index (χ0n) is 24.8. The summed E-state index contributed by atoms with van der Waals surface area (Å²) >= 11 is 0. The fourth-order valence-electron chi connectivity index (χ4n) is 6.11. The number of amides is 2. The first kappa shape index (κ1) is 30.4. The fourth-order valence-corrected chi connectivity index (χ4v) is 6.11. The van der Waals surface area contributed by atoms with Gasteiger partial charge in [-0.25, -0.2) is 14.2 Å². The van der Waals surface area contributed by atoms with Gasteiger partial charge in [-0.1, -0.05) is 34.6 Å². The molecule has 0 bridgehead atoms. The molecule has 1 aromatic carbocycles. The third-order valence-electron chi connectivity index (χ3n) is 7.70. The second-order valence-corrected chi connectivity index (χ2v) is 12.4. The first-order valence-electron chi connectivity index (χ1n) is 14.2. The summed E-state index contributed by atoms with van der Waals surface area (Å²) in [5.41, 5.74) is 0.612. The summed E-state index contributed by atoms with van der Waals surface area (Å²) in [6.07, 6.45) is 2.48. The number of ether oxygens (including phenoxy) is 1. The molecule has 3 atom stereocenters. The monoisotopic (exact) mass is 571 g/mol. The minimum atomic E-state index is -1.04. The topological polar surface area (TPSA) is 129 Å². The highest BCUT2D eigenvalue weighted by Crippen LogP contribution is 2.40. The molecule has 0 radical (unpaired) electrons. The number of aromatic nitrogens is 5. The Morgan fingerprint density at radius 2 is 2.02 bits per heavy atom. The number of H-pyrrole nitrogens is 1. The maximum atomic E-state index is 14.6. The Bertz CT molecular complexity index is 1330. The molecule has 11 nitrogen and oxygen atoms in total. The van der Waals surface area contributed by atoms with Gasteiger partial charge >= 0.3 is 6.09 Å². The SMILES string of the molecule is COCCCCn1c(C(=O)N(CC(C)C)[C@H]2C[C@@H](c3nnc[nH]3)CN(C(=O)O)C2C(C)(C)C)nc2cc(F)ccc21. The van der Waals surface area contributed by atoms with Crippen molar-refractivity contribution in [3.63, 3.8) is 0 Å². The first-order chi connectivity index (χ1) is 19.4. The van der Waals surface area contributed by atoms with E-state index in [2.05, 4.69) is 20.2 Å². The van der Waals surface area contributed by atoms with Crippen molar-refractivity contribution in [3.8, 4) is 0 Å². The lowest BCUT2D eigenvalue weighted by atomic mass is 9.74. The number of likely N-dealkylation sites (tertiary alicyclic amines) is 1. The second-order valence-electron chi connectivity index (χ2n) is 12.4. The molecular formula is C29H42FN7O4. The van der Waals surface area contributed by atoms with Gasteiger partial charge in [0.05, 0.1) is 23.1 Å². The highest BCUT2D eigenvalue weighted by Gasteiger charge is 2.49. The number of imidazole rings is 1. The molecule has 0 aliphatic carbocycles. The maximum absolute atomic E-state index is 14.6. The molecule has 1 aliphatic heterocycles. The molecule has 0 spiro atoms. The van der Waals surface area contributed by atoms with Crippen molar-refractivity contribution >= 4 is 23.0 Å². The Hall–Kier alpha value is -3.54. The number of unbranched alkanes of at least 4 members (excludes halogenated alkanes) is 1. The number of methoxy groups -OCH3 is 1. The van der Waals surface area contributed by atoms with E-state index < -0.39 is 29.4 Å². The zero-order valence-corrected chi connectivity index (χ0v) is 24.8. The third-order valence-corrected chi connectivity index (χ3v) is 7.70. The lowest BCUT2D eigenvalue weighted by molar-refractivity contribution is -0.0142. The van der Waals surface area contributed by atoms with E-state index in [9.17, 15) is 19.1 Å². The summed E-state index contributed by atoms with van der Waals surface area (Å²) in [6, 6.07) is 3.42. The van der Waals surface area contributed by atoms with Crippen molar-refractivity contribution in [3.05, 3.63) is 42.0 Å². The number of halogens is 1. The number of nitrogens with one attached hydrogen (secondary N) is 1. The number of nitrogens with zero attached hydrogens (tertiary/aromatic N) is 6. The normalized spacial score (nSPS) is 19.7. The van der Waals surface area contributed by atoms with E-state index in [1.807, 2.05) is 39.2 Å². The lowest BCUT2D eigenvalue weighted by Gasteiger charge is -2.52. The first-order valence-corrected chi connectivity index (χ1v) is 14.2. The van der Waals surface area contributed by atoms with Gasteiger partial charge < -0.3 is 29.2 Å². The number of hydrogen-bond donors (Lipinski definition) is 2. The number of hydrogen-bond acceptors (Lipinski definition) is 6. The van der Waals surface area contributed by atoms with Crippen LogP contribution in [0.15, 0.2) is 24.5 Å². The van der Waals surface area contributed by atoms with Crippen LogP contribution >= 0.6 is 0 Å². The number of carboxylic acid groups (broad SMARTS) is 1. The van der Waals surface area contributed by atoms with Crippen molar-refractivity contribution < 1.29 is 23.8 Å². The van der Waals surface area contributed by atoms with Crippen LogP contribution in [-0.4, -0.2) is 90.5 Å². The van der Waals surface area contributed by atoms with Gasteiger partial charge in [-0.15, -0.1) is 10.2 Å². The van der Waals surface area contributed by atoms with Gasteiger partial charge in [-0.2, -0.15) is 0 Å². The molecule has 2 aromatic heterocycles. The van der Waals surface area contributed by atoms with Crippen molar-refractivity contribution in [2.24, 2.45) is 11.3 Å². The molecule has 2 amide bonds. The van der Waals surface area contributed by atoms with Crippen LogP contribution < -0.4 is 0 Å². The highest BCUT2D eigenvalue weighted by atomic mass is 19.1. The molecule has 1 saturated heterocycles. The summed E-state index contributed by atoms with van der Waals surface area (Å²) in [5.74, 6) is -0.0926. The predicted octanol–water partition coefficient (Wildman–Crippen LogP) is 4.77. The van der Waals surface area contributed by atoms with Gasteiger partial charge in [0.15, 0.2) is 5.82 Å². The quantitative estimate of drug-likeness (QED) is 0.335. The average molecular weight is 572 g/mol. The van der Waals surface area contributed by atoms with E-state index in [-0.39, 0.29) is 30.1 Å². The van der Waals surface area contributed by atoms with Crippen LogP contribution in [0, 0.1) is 17.2 Å². The van der Waals surface area contributed by atoms with Gasteiger partial charge in [0, 0.05) is 45.3 Å². The van der Waals surface area contributed by atoms with Crippen LogP contribution in [0.5, 0.6) is 0 Å². The van der Waals surface area contributed by atoms with Crippen LogP contribution in [0.3, 0.4) is 0 Å². The Morgan fingerprint density at radius 3 is 2.63 bits per heavy atom. The third kappa shape index (κ3) is 6.69. The standard InChI is InChI=1S/C29H42FN7O4/c1-18(2)15-36(23-13-19(25-31-17-32-34-25)16-37(28(39)40)24(23)29(3,4)5)27(38)26-33-21-14-20(30)9-10-22(21)35(26)11-7-8-12-41-6/h9-10,14,17-19,23-24H,7-8,11-13,15-16H2,1-6H3,(H,39,40)(H,31,32,34)/t19-,23+,24?/m1/s1. The van der Waals surface area contributed by atoms with E-state index in [0.29, 0.717) is 43.0 Å². The maximum Gasteiger partial charge on any atom is 0.407 e. The summed E-state index contributed by atoms with van der Waals surface area (Å²) < 4.78 is 21.3. The van der Waals surface area contributed by atoms with E-state index in [1.165, 1.54) is 23.4 Å². The number of piperidine rings is 1. The molecule has 224 valence electrons. The van der Waals surface area contributed by atoms with Crippen LogP contribution in [0.4, 0.5) is 9.18 Å². The molecule has 3 aromatic rings. The number of carbonyl (C=O) groups excluding carboxylic acids is 1. The van der Waals surface area contributed by atoms with E-state index in [4.69, 9.17) is 4.74 Å². The minimum absolute atomic E-state index is 0.0977. The molecule has 12 heteroatoms. The largest absolute Gasteiger partial charge is 0.465 e. The van der Waals surface area contributed by atoms with Crippen molar-refractivity contribution in [1.82, 2.24) is 34.5 Å². The fraction of sp³-hybridized carbons (Fsp3) is 0.621. The molecule has 1 fully saturated rings. The molecule has 0 saturated carbocycles. The molecule has 1 aliphatic rings. The van der Waals surface area contributed by atoms with E-state index >= 15 is 0 Å². The smallest absolute Gasteiger partial charge is 0.407 e. The summed E-state index contributed by atoms with van der Waals surface area (Å²) in [5, 5.41) is 18.4. The summed E-state index contributed by atoms with van der Waals surface area (Å²) in [7, 11) is 1.65. The molecule has 1 unspecified atom stereocenters. The number of rotatable bonds is 10. The van der Waals surface area contributed by atoms with Crippen LogP contribution in [0.2, 0.25) is 0 Å². The predicted molar refractivity (Wildman–Crippen MR) is 152 cm³/mol. The van der Waals surface area contributed by atoms with Crippen LogP contribution in [-0.2, 0) is 11.3 Å². The van der Waals surface area contributed by atoms with E-state index in [0.717, 1.165) is 12.8 Å². The van der Waals surface area contributed by atoms with Crippen LogP contribution in [0.25, 0.3) is 11.0 Å². The van der Waals surface area contributed by atoms with Crippen molar-refractivity contribution in [2.75, 3.05) is 26.8 Å². The zero-order chi connectivity index (χ0) is 29.9. The highest BCUT2D eigenvalue weighted by molar-refractivity contribution is 5.95. The van der Waals surface area contributed by atoms with Gasteiger partial charge in [-0.3, -0.25) is 4.79 Å². The number of fused-ring (bicyclic) bond motifs is 1. The van der Waals surface area contributed by atoms with Crippen LogP contribution in [0.1, 0.15) is 76.2 Å². The Labute approximate surface area is 240 Å². The number of aromatic amines is 1. The Kier molecular flexibility index (Phi) is 9.31. The molecule has 3 heterocycles. The number of benzene rings is 1. The second kappa shape index (κ2) is 12.5. The molecule has 2 N–H and O–H groups in total. The lowest BCUT2D eigenvalue weighted by Crippen LogP contribution is -2.64. The molecule has 41 heavy (non-hydrogen) atoms. The van der Waals surface area contributed by atoms with E-state index in [1.54, 1.807) is 18.1 Å². The van der Waals surface area contributed by atoms with Crippen molar-refractivity contribution in [2.45, 2.75) is 78.4 Å². The summed E-state index contributed by atoms with van der Waals surface area (Å²) in [4.78, 5) is 38.2. The van der Waals surface area contributed by atoms with Gasteiger partial charge in [0.1, 0.15) is 18.0 Å². The van der Waals surface area contributed by atoms with Gasteiger partial charge in [-0.05, 0) is 42.7 Å². The molecule has 4 rings (SSSR count). The Balaban J connectivity index is 1.82. The Morgan fingerprint density at radius 1 is 1.27 bits per heavy atom. The molecular weight excluding hydrogens is 529 g/mol. The minimum Gasteiger partial charge on any atom is -0.465 e. The number of carbonyl (C=O) groups is 2. The van der Waals surface area contributed by atoms with Crippen molar-refractivity contribution in [1.29, 1.82) is 0 Å². The number of aryl methyl sites for hydroxylation is 1. The summed E-state index contributed by atoms with van der Waals surface area (Å²) in [6.45, 7) is 11.8. The van der Waals surface area contributed by atoms with Gasteiger partial charge in [0.2, 0.25) is 0 Å².